The lowest BCUT2D eigenvalue weighted by Crippen LogP contribution is -2.42. The van der Waals surface area contributed by atoms with Crippen molar-refractivity contribution < 1.29 is 9.59 Å². The molecule has 4 heteroatoms. The lowest BCUT2D eigenvalue weighted by Gasteiger charge is -2.25. The molecule has 2 amide bonds. The fraction of sp³-hybridized carbons (Fsp3) is 0.500. The van der Waals surface area contributed by atoms with Gasteiger partial charge in [-0.05, 0) is 25.8 Å². The molecule has 0 saturated heterocycles. The third kappa shape index (κ3) is 5.03. The minimum Gasteiger partial charge on any atom is -0.342 e. The van der Waals surface area contributed by atoms with Crippen LogP contribution >= 0.6 is 0 Å². The maximum atomic E-state index is 12.1. The van der Waals surface area contributed by atoms with Gasteiger partial charge in [-0.2, -0.15) is 0 Å². The van der Waals surface area contributed by atoms with E-state index in [0.29, 0.717) is 19.6 Å². The molecular formula is C16H24N2O2. The van der Waals surface area contributed by atoms with Gasteiger partial charge in [-0.1, -0.05) is 30.3 Å². The Kier molecular flexibility index (Phi) is 6.77. The van der Waals surface area contributed by atoms with Gasteiger partial charge in [-0.15, -0.1) is 0 Å². The van der Waals surface area contributed by atoms with Gasteiger partial charge in [0.15, 0.2) is 0 Å². The lowest BCUT2D eigenvalue weighted by atomic mass is 10.1. The summed E-state index contributed by atoms with van der Waals surface area (Å²) in [6.45, 7) is 7.52. The number of amides is 2. The molecule has 0 aromatic heterocycles. The molecule has 20 heavy (non-hydrogen) atoms. The van der Waals surface area contributed by atoms with Crippen LogP contribution in [0.3, 0.4) is 0 Å². The summed E-state index contributed by atoms with van der Waals surface area (Å²) in [5.41, 5.74) is 1.18. The minimum absolute atomic E-state index is 0.0123. The molecule has 0 heterocycles. The van der Waals surface area contributed by atoms with Crippen LogP contribution in [0.2, 0.25) is 0 Å². The summed E-state index contributed by atoms with van der Waals surface area (Å²) in [7, 11) is 0. The van der Waals surface area contributed by atoms with Crippen molar-refractivity contribution in [1.29, 1.82) is 0 Å². The molecule has 0 atom stereocenters. The molecule has 1 rings (SSSR count). The first-order valence-electron chi connectivity index (χ1n) is 7.15. The van der Waals surface area contributed by atoms with Crippen molar-refractivity contribution in [1.82, 2.24) is 9.80 Å². The van der Waals surface area contributed by atoms with E-state index in [1.165, 1.54) is 12.5 Å². The SMILES string of the molecule is CCN(CC)C(=O)CN(CCc1ccccc1)C(C)=O. The van der Waals surface area contributed by atoms with Crippen molar-refractivity contribution in [2.24, 2.45) is 0 Å². The number of benzene rings is 1. The second kappa shape index (κ2) is 8.35. The highest BCUT2D eigenvalue weighted by Gasteiger charge is 2.16. The van der Waals surface area contributed by atoms with Gasteiger partial charge in [-0.3, -0.25) is 9.59 Å². The van der Waals surface area contributed by atoms with Crippen LogP contribution in [-0.2, 0) is 16.0 Å². The molecule has 0 bridgehead atoms. The predicted molar refractivity (Wildman–Crippen MR) is 80.3 cm³/mol. The van der Waals surface area contributed by atoms with Crippen LogP contribution in [0.1, 0.15) is 26.3 Å². The highest BCUT2D eigenvalue weighted by Crippen LogP contribution is 2.03. The Hall–Kier alpha value is -1.84. The fourth-order valence-electron chi connectivity index (χ4n) is 2.10. The summed E-state index contributed by atoms with van der Waals surface area (Å²) in [6.07, 6.45) is 0.770. The summed E-state index contributed by atoms with van der Waals surface area (Å²) < 4.78 is 0. The molecule has 0 radical (unpaired) electrons. The third-order valence-corrected chi connectivity index (χ3v) is 3.40. The number of rotatable bonds is 7. The van der Waals surface area contributed by atoms with Gasteiger partial charge in [0.25, 0.3) is 0 Å². The van der Waals surface area contributed by atoms with E-state index in [1.807, 2.05) is 44.2 Å². The Morgan fingerprint density at radius 1 is 1.00 bits per heavy atom. The molecular weight excluding hydrogens is 252 g/mol. The first-order chi connectivity index (χ1) is 9.58. The Morgan fingerprint density at radius 3 is 2.10 bits per heavy atom. The van der Waals surface area contributed by atoms with Gasteiger partial charge in [0.1, 0.15) is 0 Å². The molecule has 110 valence electrons. The molecule has 0 spiro atoms. The van der Waals surface area contributed by atoms with Gasteiger partial charge < -0.3 is 9.80 Å². The van der Waals surface area contributed by atoms with E-state index < -0.39 is 0 Å². The highest BCUT2D eigenvalue weighted by molar-refractivity contribution is 5.83. The lowest BCUT2D eigenvalue weighted by molar-refractivity contribution is -0.139. The van der Waals surface area contributed by atoms with Gasteiger partial charge in [0.05, 0.1) is 6.54 Å². The normalized spacial score (nSPS) is 10.2. The van der Waals surface area contributed by atoms with Crippen LogP contribution in [0.15, 0.2) is 30.3 Å². The zero-order valence-electron chi connectivity index (χ0n) is 12.6. The molecule has 4 nitrogen and oxygen atoms in total. The summed E-state index contributed by atoms with van der Waals surface area (Å²) in [5, 5.41) is 0. The van der Waals surface area contributed by atoms with Gasteiger partial charge in [0, 0.05) is 26.6 Å². The Labute approximate surface area is 121 Å². The van der Waals surface area contributed by atoms with Crippen molar-refractivity contribution in [2.45, 2.75) is 27.2 Å². The summed E-state index contributed by atoms with van der Waals surface area (Å²) in [6, 6.07) is 9.99. The summed E-state index contributed by atoms with van der Waals surface area (Å²) in [5.74, 6) is -0.0419. The van der Waals surface area contributed by atoms with Crippen molar-refractivity contribution in [3.8, 4) is 0 Å². The first kappa shape index (κ1) is 16.2. The minimum atomic E-state index is -0.0542. The summed E-state index contributed by atoms with van der Waals surface area (Å²) >= 11 is 0. The van der Waals surface area contributed by atoms with E-state index in [2.05, 4.69) is 0 Å². The molecule has 1 aromatic rings. The number of likely N-dealkylation sites (N-methyl/N-ethyl adjacent to an activating group) is 1. The second-order valence-corrected chi connectivity index (χ2v) is 4.74. The third-order valence-electron chi connectivity index (χ3n) is 3.40. The molecule has 0 saturated carbocycles. The van der Waals surface area contributed by atoms with E-state index >= 15 is 0 Å². The quantitative estimate of drug-likeness (QED) is 0.763. The zero-order valence-corrected chi connectivity index (χ0v) is 12.6. The first-order valence-corrected chi connectivity index (χ1v) is 7.15. The number of hydrogen-bond donors (Lipinski definition) is 0. The summed E-state index contributed by atoms with van der Waals surface area (Å²) in [4.78, 5) is 27.1. The van der Waals surface area contributed by atoms with Gasteiger partial charge in [-0.25, -0.2) is 0 Å². The van der Waals surface area contributed by atoms with Crippen LogP contribution in [0.25, 0.3) is 0 Å². The number of nitrogens with zero attached hydrogens (tertiary/aromatic N) is 2. The Bertz CT molecular complexity index is 427. The average molecular weight is 276 g/mol. The van der Waals surface area contributed by atoms with Crippen LogP contribution in [0.5, 0.6) is 0 Å². The van der Waals surface area contributed by atoms with E-state index in [-0.39, 0.29) is 18.4 Å². The van der Waals surface area contributed by atoms with Crippen molar-refractivity contribution in [3.63, 3.8) is 0 Å². The fourth-order valence-corrected chi connectivity index (χ4v) is 2.10. The molecule has 0 N–H and O–H groups in total. The molecule has 0 aliphatic rings. The highest BCUT2D eigenvalue weighted by atomic mass is 16.2. The van der Waals surface area contributed by atoms with Crippen LogP contribution in [0, 0.1) is 0 Å². The zero-order chi connectivity index (χ0) is 15.0. The topological polar surface area (TPSA) is 40.6 Å². The van der Waals surface area contributed by atoms with E-state index in [1.54, 1.807) is 9.80 Å². The average Bonchev–Trinajstić information content (AvgIpc) is 2.45. The largest absolute Gasteiger partial charge is 0.342 e. The van der Waals surface area contributed by atoms with Crippen molar-refractivity contribution >= 4 is 11.8 Å². The standard InChI is InChI=1S/C16H24N2O2/c1-4-17(5-2)16(20)13-18(14(3)19)12-11-15-9-7-6-8-10-15/h6-10H,4-5,11-13H2,1-3H3. The Balaban J connectivity index is 2.57. The smallest absolute Gasteiger partial charge is 0.242 e. The van der Waals surface area contributed by atoms with Crippen molar-refractivity contribution in [2.75, 3.05) is 26.2 Å². The van der Waals surface area contributed by atoms with Crippen LogP contribution in [-0.4, -0.2) is 47.8 Å². The van der Waals surface area contributed by atoms with Gasteiger partial charge in [0.2, 0.25) is 11.8 Å². The predicted octanol–water partition coefficient (Wildman–Crippen LogP) is 1.95. The van der Waals surface area contributed by atoms with Crippen LogP contribution in [0.4, 0.5) is 0 Å². The maximum absolute atomic E-state index is 12.1. The van der Waals surface area contributed by atoms with Crippen LogP contribution < -0.4 is 0 Å². The molecule has 1 aromatic carbocycles. The van der Waals surface area contributed by atoms with Gasteiger partial charge >= 0.3 is 0 Å². The molecule has 0 unspecified atom stereocenters. The van der Waals surface area contributed by atoms with Crippen molar-refractivity contribution in [3.05, 3.63) is 35.9 Å². The van der Waals surface area contributed by atoms with E-state index in [9.17, 15) is 9.59 Å². The van der Waals surface area contributed by atoms with E-state index in [0.717, 1.165) is 6.42 Å². The molecule has 0 aliphatic heterocycles. The monoisotopic (exact) mass is 276 g/mol. The molecule has 0 fully saturated rings. The number of carbonyl (C=O) groups excluding carboxylic acids is 2. The molecule has 0 aliphatic carbocycles. The Morgan fingerprint density at radius 2 is 1.60 bits per heavy atom. The number of hydrogen-bond acceptors (Lipinski definition) is 2. The number of carbonyl (C=O) groups is 2. The van der Waals surface area contributed by atoms with E-state index in [4.69, 9.17) is 0 Å². The second-order valence-electron chi connectivity index (χ2n) is 4.74. The maximum Gasteiger partial charge on any atom is 0.242 e.